The van der Waals surface area contributed by atoms with Gasteiger partial charge in [-0.05, 0) is 18.8 Å². The standard InChI is InChI=1S/C12H19N3O/c1-2-3-10-4-5-15(8-10)12-7-13-11(9-16)6-14-12/h6-7,10,16H,2-5,8-9H2,1H3. The van der Waals surface area contributed by atoms with E-state index in [2.05, 4.69) is 21.8 Å². The van der Waals surface area contributed by atoms with Gasteiger partial charge in [0.05, 0.1) is 24.7 Å². The van der Waals surface area contributed by atoms with E-state index in [1.807, 2.05) is 0 Å². The summed E-state index contributed by atoms with van der Waals surface area (Å²) in [4.78, 5) is 10.8. The van der Waals surface area contributed by atoms with Crippen LogP contribution in [0.2, 0.25) is 0 Å². The summed E-state index contributed by atoms with van der Waals surface area (Å²) in [6.45, 7) is 4.38. The molecule has 1 unspecified atom stereocenters. The van der Waals surface area contributed by atoms with Gasteiger partial charge in [0, 0.05) is 13.1 Å². The van der Waals surface area contributed by atoms with E-state index < -0.39 is 0 Å². The lowest BCUT2D eigenvalue weighted by atomic mass is 10.0. The predicted molar refractivity (Wildman–Crippen MR) is 63.2 cm³/mol. The molecule has 0 spiro atoms. The van der Waals surface area contributed by atoms with Gasteiger partial charge in [-0.2, -0.15) is 0 Å². The molecule has 2 heterocycles. The lowest BCUT2D eigenvalue weighted by molar-refractivity contribution is 0.276. The van der Waals surface area contributed by atoms with Crippen LogP contribution in [0.3, 0.4) is 0 Å². The van der Waals surface area contributed by atoms with E-state index in [9.17, 15) is 0 Å². The highest BCUT2D eigenvalue weighted by molar-refractivity contribution is 5.37. The molecule has 4 heteroatoms. The minimum absolute atomic E-state index is 0.0360. The molecular formula is C12H19N3O. The average Bonchev–Trinajstić information content (AvgIpc) is 2.78. The van der Waals surface area contributed by atoms with Crippen molar-refractivity contribution in [1.82, 2.24) is 9.97 Å². The van der Waals surface area contributed by atoms with Gasteiger partial charge >= 0.3 is 0 Å². The molecule has 1 aliphatic heterocycles. The molecule has 0 amide bonds. The largest absolute Gasteiger partial charge is 0.390 e. The van der Waals surface area contributed by atoms with E-state index in [1.165, 1.54) is 19.3 Å². The summed E-state index contributed by atoms with van der Waals surface area (Å²) in [5, 5.41) is 8.89. The number of aliphatic hydroxyl groups is 1. The van der Waals surface area contributed by atoms with Gasteiger partial charge in [0.15, 0.2) is 0 Å². The van der Waals surface area contributed by atoms with E-state index >= 15 is 0 Å². The van der Waals surface area contributed by atoms with Crippen molar-refractivity contribution in [2.45, 2.75) is 32.8 Å². The highest BCUT2D eigenvalue weighted by Gasteiger charge is 2.22. The molecule has 16 heavy (non-hydrogen) atoms. The normalized spacial score (nSPS) is 20.4. The number of hydrogen-bond acceptors (Lipinski definition) is 4. The summed E-state index contributed by atoms with van der Waals surface area (Å²) in [7, 11) is 0. The van der Waals surface area contributed by atoms with Crippen molar-refractivity contribution >= 4 is 5.82 Å². The second-order valence-corrected chi connectivity index (χ2v) is 4.41. The Kier molecular flexibility index (Phi) is 3.72. The Hall–Kier alpha value is -1.16. The van der Waals surface area contributed by atoms with Gasteiger partial charge in [-0.1, -0.05) is 13.3 Å². The molecule has 1 aromatic rings. The van der Waals surface area contributed by atoms with E-state index in [4.69, 9.17) is 5.11 Å². The number of aliphatic hydroxyl groups excluding tert-OH is 1. The van der Waals surface area contributed by atoms with Crippen LogP contribution in [0.15, 0.2) is 12.4 Å². The Bertz CT molecular complexity index is 326. The number of hydrogen-bond donors (Lipinski definition) is 1. The summed E-state index contributed by atoms with van der Waals surface area (Å²) in [5.74, 6) is 1.75. The van der Waals surface area contributed by atoms with Gasteiger partial charge in [-0.15, -0.1) is 0 Å². The summed E-state index contributed by atoms with van der Waals surface area (Å²) in [6, 6.07) is 0. The fourth-order valence-electron chi connectivity index (χ4n) is 2.28. The maximum atomic E-state index is 8.89. The summed E-state index contributed by atoms with van der Waals surface area (Å²) in [6.07, 6.45) is 7.24. The van der Waals surface area contributed by atoms with Crippen molar-refractivity contribution in [2.75, 3.05) is 18.0 Å². The highest BCUT2D eigenvalue weighted by Crippen LogP contribution is 2.24. The lowest BCUT2D eigenvalue weighted by Crippen LogP contribution is -2.21. The molecule has 1 atom stereocenters. The molecule has 1 aliphatic rings. The zero-order valence-electron chi connectivity index (χ0n) is 9.76. The molecule has 0 radical (unpaired) electrons. The fourth-order valence-corrected chi connectivity index (χ4v) is 2.28. The zero-order valence-corrected chi connectivity index (χ0v) is 9.76. The smallest absolute Gasteiger partial charge is 0.147 e. The number of rotatable bonds is 4. The maximum absolute atomic E-state index is 8.89. The first-order valence-corrected chi connectivity index (χ1v) is 6.00. The number of nitrogens with zero attached hydrogens (tertiary/aromatic N) is 3. The minimum atomic E-state index is -0.0360. The van der Waals surface area contributed by atoms with Gasteiger partial charge in [0.1, 0.15) is 5.82 Å². The van der Waals surface area contributed by atoms with Crippen LogP contribution in [0.25, 0.3) is 0 Å². The fraction of sp³-hybridized carbons (Fsp3) is 0.667. The van der Waals surface area contributed by atoms with Crippen LogP contribution in [0, 0.1) is 5.92 Å². The molecule has 0 bridgehead atoms. The van der Waals surface area contributed by atoms with Gasteiger partial charge in [-0.25, -0.2) is 4.98 Å². The van der Waals surface area contributed by atoms with Crippen LogP contribution < -0.4 is 4.90 Å². The first-order valence-electron chi connectivity index (χ1n) is 6.00. The molecule has 1 aromatic heterocycles. The summed E-state index contributed by atoms with van der Waals surface area (Å²) >= 11 is 0. The van der Waals surface area contributed by atoms with Crippen LogP contribution in [0.5, 0.6) is 0 Å². The molecule has 1 N–H and O–H groups in total. The molecule has 88 valence electrons. The Labute approximate surface area is 96.3 Å². The van der Waals surface area contributed by atoms with Gasteiger partial charge in [0.25, 0.3) is 0 Å². The van der Waals surface area contributed by atoms with E-state index in [0.29, 0.717) is 5.69 Å². The van der Waals surface area contributed by atoms with Crippen molar-refractivity contribution < 1.29 is 5.11 Å². The van der Waals surface area contributed by atoms with Crippen LogP contribution in [0.1, 0.15) is 31.9 Å². The van der Waals surface area contributed by atoms with Crippen LogP contribution in [-0.2, 0) is 6.61 Å². The predicted octanol–water partition coefficient (Wildman–Crippen LogP) is 1.60. The molecule has 2 rings (SSSR count). The van der Waals surface area contributed by atoms with E-state index in [0.717, 1.165) is 24.8 Å². The second kappa shape index (κ2) is 5.25. The molecule has 4 nitrogen and oxygen atoms in total. The quantitative estimate of drug-likeness (QED) is 0.839. The molecule has 1 fully saturated rings. The van der Waals surface area contributed by atoms with Gasteiger partial charge < -0.3 is 10.0 Å². The van der Waals surface area contributed by atoms with E-state index in [-0.39, 0.29) is 6.61 Å². The minimum Gasteiger partial charge on any atom is -0.390 e. The van der Waals surface area contributed by atoms with Crippen molar-refractivity contribution in [3.8, 4) is 0 Å². The first-order chi connectivity index (χ1) is 7.83. The lowest BCUT2D eigenvalue weighted by Gasteiger charge is -2.16. The number of anilines is 1. The van der Waals surface area contributed by atoms with Crippen molar-refractivity contribution in [2.24, 2.45) is 5.92 Å². The maximum Gasteiger partial charge on any atom is 0.147 e. The zero-order chi connectivity index (χ0) is 11.4. The number of aromatic nitrogens is 2. The second-order valence-electron chi connectivity index (χ2n) is 4.41. The van der Waals surface area contributed by atoms with Gasteiger partial charge in [-0.3, -0.25) is 4.98 Å². The molecule has 0 aromatic carbocycles. The molecular weight excluding hydrogens is 202 g/mol. The van der Waals surface area contributed by atoms with Crippen molar-refractivity contribution in [3.63, 3.8) is 0 Å². The monoisotopic (exact) mass is 221 g/mol. The van der Waals surface area contributed by atoms with Gasteiger partial charge in [0.2, 0.25) is 0 Å². The topological polar surface area (TPSA) is 49.2 Å². The summed E-state index contributed by atoms with van der Waals surface area (Å²) in [5.41, 5.74) is 0.632. The third-order valence-electron chi connectivity index (χ3n) is 3.16. The van der Waals surface area contributed by atoms with Crippen molar-refractivity contribution in [1.29, 1.82) is 0 Å². The molecule has 0 saturated carbocycles. The van der Waals surface area contributed by atoms with Crippen LogP contribution >= 0.6 is 0 Å². The Morgan fingerprint density at radius 2 is 2.31 bits per heavy atom. The Morgan fingerprint density at radius 3 is 2.94 bits per heavy atom. The molecule has 0 aliphatic carbocycles. The summed E-state index contributed by atoms with van der Waals surface area (Å²) < 4.78 is 0. The highest BCUT2D eigenvalue weighted by atomic mass is 16.3. The first kappa shape index (κ1) is 11.3. The third kappa shape index (κ3) is 2.50. The average molecular weight is 221 g/mol. The Morgan fingerprint density at radius 1 is 1.44 bits per heavy atom. The third-order valence-corrected chi connectivity index (χ3v) is 3.16. The Balaban J connectivity index is 1.97. The van der Waals surface area contributed by atoms with Crippen LogP contribution in [0.4, 0.5) is 5.82 Å². The van der Waals surface area contributed by atoms with E-state index in [1.54, 1.807) is 12.4 Å². The SMILES string of the molecule is CCCC1CCN(c2cnc(CO)cn2)C1. The molecule has 1 saturated heterocycles. The van der Waals surface area contributed by atoms with Crippen LogP contribution in [-0.4, -0.2) is 28.2 Å². The van der Waals surface area contributed by atoms with Crippen molar-refractivity contribution in [3.05, 3.63) is 18.1 Å².